The molecule has 1 aromatic carbocycles. The quantitative estimate of drug-likeness (QED) is 0.876. The number of ether oxygens (including phenoxy) is 1. The highest BCUT2D eigenvalue weighted by Crippen LogP contribution is 2.35. The number of nitrogens with one attached hydrogen (secondary N) is 1. The molecule has 0 aliphatic rings. The lowest BCUT2D eigenvalue weighted by Gasteiger charge is -2.02. The van der Waals surface area contributed by atoms with Gasteiger partial charge in [0.2, 0.25) is 5.82 Å². The molecule has 1 heterocycles. The molecule has 7 heteroatoms. The molecule has 0 unspecified atom stereocenters. The van der Waals surface area contributed by atoms with Crippen LogP contribution in [0.1, 0.15) is 5.82 Å². The Morgan fingerprint density at radius 2 is 2.06 bits per heavy atom. The van der Waals surface area contributed by atoms with E-state index in [9.17, 15) is 13.2 Å². The van der Waals surface area contributed by atoms with Gasteiger partial charge in [-0.3, -0.25) is 0 Å². The van der Waals surface area contributed by atoms with Gasteiger partial charge < -0.3 is 9.72 Å². The third-order valence-electron chi connectivity index (χ3n) is 2.03. The van der Waals surface area contributed by atoms with E-state index in [1.807, 2.05) is 0 Å². The lowest BCUT2D eigenvalue weighted by molar-refractivity contribution is -0.144. The van der Waals surface area contributed by atoms with Gasteiger partial charge in [0.05, 0.1) is 17.1 Å². The summed E-state index contributed by atoms with van der Waals surface area (Å²) in [5.41, 5.74) is 0.441. The van der Waals surface area contributed by atoms with Crippen molar-refractivity contribution >= 4 is 27.0 Å². The Balaban J connectivity index is 2.71. The third kappa shape index (κ3) is 1.75. The number of nitrogens with zero attached hydrogens (tertiary/aromatic N) is 1. The number of aromatic nitrogens is 2. The fourth-order valence-corrected chi connectivity index (χ4v) is 1.84. The number of rotatable bonds is 1. The zero-order chi connectivity index (χ0) is 11.9. The number of halogens is 4. The summed E-state index contributed by atoms with van der Waals surface area (Å²) < 4.78 is 42.8. The summed E-state index contributed by atoms with van der Waals surface area (Å²) in [6.07, 6.45) is -4.49. The molecule has 0 saturated carbocycles. The van der Waals surface area contributed by atoms with Crippen molar-refractivity contribution in [1.29, 1.82) is 0 Å². The first-order valence-corrected chi connectivity index (χ1v) is 5.02. The highest BCUT2D eigenvalue weighted by atomic mass is 79.9. The normalized spacial score (nSPS) is 12.1. The van der Waals surface area contributed by atoms with Gasteiger partial charge in [-0.05, 0) is 28.1 Å². The van der Waals surface area contributed by atoms with Gasteiger partial charge in [-0.2, -0.15) is 13.2 Å². The minimum atomic E-state index is -4.49. The highest BCUT2D eigenvalue weighted by Gasteiger charge is 2.35. The first-order valence-electron chi connectivity index (χ1n) is 4.23. The van der Waals surface area contributed by atoms with Gasteiger partial charge in [0.1, 0.15) is 5.52 Å². The Morgan fingerprint density at radius 3 is 2.62 bits per heavy atom. The maximum absolute atomic E-state index is 12.4. The number of H-pyrrole nitrogens is 1. The number of benzene rings is 1. The maximum atomic E-state index is 12.4. The number of hydrogen-bond acceptors (Lipinski definition) is 2. The van der Waals surface area contributed by atoms with Crippen molar-refractivity contribution in [2.75, 3.05) is 7.11 Å². The van der Waals surface area contributed by atoms with Crippen LogP contribution in [0.25, 0.3) is 11.0 Å². The summed E-state index contributed by atoms with van der Waals surface area (Å²) >= 11 is 3.18. The zero-order valence-electron chi connectivity index (χ0n) is 8.02. The van der Waals surface area contributed by atoms with Crippen molar-refractivity contribution in [2.45, 2.75) is 6.18 Å². The summed E-state index contributed by atoms with van der Waals surface area (Å²) in [6.45, 7) is 0. The van der Waals surface area contributed by atoms with E-state index >= 15 is 0 Å². The first kappa shape index (κ1) is 11.3. The first-order chi connectivity index (χ1) is 7.43. The number of alkyl halides is 3. The minimum Gasteiger partial charge on any atom is -0.493 e. The molecule has 0 spiro atoms. The standard InChI is InChI=1S/C9H6BrF3N2O/c1-16-7-4(10)2-3-5-6(7)15-8(14-5)9(11,12)13/h2-3H,1H3,(H,14,15). The molecule has 0 aliphatic carbocycles. The Kier molecular flexibility index (Phi) is 2.57. The molecule has 0 fully saturated rings. The van der Waals surface area contributed by atoms with Crippen molar-refractivity contribution in [1.82, 2.24) is 9.97 Å². The fraction of sp³-hybridized carbons (Fsp3) is 0.222. The molecule has 0 atom stereocenters. The monoisotopic (exact) mass is 294 g/mol. The van der Waals surface area contributed by atoms with Gasteiger partial charge >= 0.3 is 6.18 Å². The molecule has 2 aromatic rings. The molecule has 16 heavy (non-hydrogen) atoms. The molecule has 1 N–H and O–H groups in total. The van der Waals surface area contributed by atoms with Crippen LogP contribution in [0.4, 0.5) is 13.2 Å². The van der Waals surface area contributed by atoms with E-state index in [0.29, 0.717) is 4.47 Å². The highest BCUT2D eigenvalue weighted by molar-refractivity contribution is 9.10. The van der Waals surface area contributed by atoms with Crippen LogP contribution in [0, 0.1) is 0 Å². The van der Waals surface area contributed by atoms with Crippen LogP contribution in [0.3, 0.4) is 0 Å². The van der Waals surface area contributed by atoms with Crippen LogP contribution < -0.4 is 4.74 Å². The molecule has 3 nitrogen and oxygen atoms in total. The second kappa shape index (κ2) is 3.65. The Hall–Kier alpha value is -1.24. The molecular formula is C9H6BrF3N2O. The van der Waals surface area contributed by atoms with E-state index in [1.165, 1.54) is 13.2 Å². The van der Waals surface area contributed by atoms with E-state index in [2.05, 4.69) is 25.9 Å². The van der Waals surface area contributed by atoms with E-state index in [0.717, 1.165) is 0 Å². The summed E-state index contributed by atoms with van der Waals surface area (Å²) in [5.74, 6) is -0.747. The molecule has 0 aliphatic heterocycles. The summed E-state index contributed by atoms with van der Waals surface area (Å²) in [6, 6.07) is 3.10. The SMILES string of the molecule is COc1c(Br)ccc2[nH]c(C(F)(F)F)nc12. The predicted octanol–water partition coefficient (Wildman–Crippen LogP) is 3.35. The molecule has 0 saturated heterocycles. The smallest absolute Gasteiger partial charge is 0.449 e. The van der Waals surface area contributed by atoms with E-state index in [4.69, 9.17) is 4.74 Å². The Bertz CT molecular complexity index is 535. The van der Waals surface area contributed by atoms with Crippen LogP contribution in [-0.4, -0.2) is 17.1 Å². The van der Waals surface area contributed by atoms with Crippen molar-refractivity contribution in [3.8, 4) is 5.75 Å². The minimum absolute atomic E-state index is 0.157. The molecule has 0 amide bonds. The topological polar surface area (TPSA) is 37.9 Å². The van der Waals surface area contributed by atoms with Crippen LogP contribution >= 0.6 is 15.9 Å². The summed E-state index contributed by atoms with van der Waals surface area (Å²) in [4.78, 5) is 5.68. The number of hydrogen-bond donors (Lipinski definition) is 1. The largest absolute Gasteiger partial charge is 0.493 e. The van der Waals surface area contributed by atoms with E-state index < -0.39 is 12.0 Å². The van der Waals surface area contributed by atoms with Gasteiger partial charge in [0.15, 0.2) is 5.75 Å². The summed E-state index contributed by atoms with van der Waals surface area (Å²) in [7, 11) is 1.38. The fourth-order valence-electron chi connectivity index (χ4n) is 1.35. The van der Waals surface area contributed by atoms with Crippen molar-refractivity contribution in [3.05, 3.63) is 22.4 Å². The lowest BCUT2D eigenvalue weighted by atomic mass is 10.3. The van der Waals surface area contributed by atoms with Crippen LogP contribution in [0.15, 0.2) is 16.6 Å². The number of imidazole rings is 1. The van der Waals surface area contributed by atoms with Crippen molar-refractivity contribution in [2.24, 2.45) is 0 Å². The van der Waals surface area contributed by atoms with Crippen LogP contribution in [0.5, 0.6) is 5.75 Å². The molecule has 0 radical (unpaired) electrons. The average molecular weight is 295 g/mol. The van der Waals surface area contributed by atoms with Gasteiger partial charge in [-0.15, -0.1) is 0 Å². The zero-order valence-corrected chi connectivity index (χ0v) is 9.61. The third-order valence-corrected chi connectivity index (χ3v) is 2.66. The van der Waals surface area contributed by atoms with E-state index in [1.54, 1.807) is 6.07 Å². The second-order valence-electron chi connectivity index (χ2n) is 3.06. The van der Waals surface area contributed by atoms with Crippen molar-refractivity contribution in [3.63, 3.8) is 0 Å². The summed E-state index contributed by atoms with van der Waals surface area (Å²) in [5, 5.41) is 0. The predicted molar refractivity (Wildman–Crippen MR) is 55.3 cm³/mol. The Morgan fingerprint density at radius 1 is 1.38 bits per heavy atom. The van der Waals surface area contributed by atoms with Gasteiger partial charge in [-0.25, -0.2) is 4.98 Å². The molecule has 86 valence electrons. The Labute approximate surface area is 96.7 Å². The van der Waals surface area contributed by atoms with Crippen molar-refractivity contribution < 1.29 is 17.9 Å². The molecular weight excluding hydrogens is 289 g/mol. The van der Waals surface area contributed by atoms with Gasteiger partial charge in [0.25, 0.3) is 0 Å². The van der Waals surface area contributed by atoms with Crippen LogP contribution in [-0.2, 0) is 6.18 Å². The number of aromatic amines is 1. The van der Waals surface area contributed by atoms with Crippen LogP contribution in [0.2, 0.25) is 0 Å². The van der Waals surface area contributed by atoms with Gasteiger partial charge in [0, 0.05) is 0 Å². The maximum Gasteiger partial charge on any atom is 0.449 e. The number of fused-ring (bicyclic) bond motifs is 1. The lowest BCUT2D eigenvalue weighted by Crippen LogP contribution is -2.06. The molecule has 1 aromatic heterocycles. The van der Waals surface area contributed by atoms with E-state index in [-0.39, 0.29) is 16.8 Å². The number of methoxy groups -OCH3 is 1. The van der Waals surface area contributed by atoms with Gasteiger partial charge in [-0.1, -0.05) is 0 Å². The molecule has 2 rings (SSSR count). The average Bonchev–Trinajstić information content (AvgIpc) is 2.60. The molecule has 0 bridgehead atoms. The second-order valence-corrected chi connectivity index (χ2v) is 3.91.